The van der Waals surface area contributed by atoms with Crippen LogP contribution in [0, 0.1) is 11.7 Å². The second-order valence-corrected chi connectivity index (χ2v) is 4.87. The van der Waals surface area contributed by atoms with E-state index in [-0.39, 0.29) is 5.82 Å². The molecule has 1 aromatic carbocycles. The fraction of sp³-hybridized carbons (Fsp3) is 0.462. The lowest BCUT2D eigenvalue weighted by Crippen LogP contribution is -2.25. The summed E-state index contributed by atoms with van der Waals surface area (Å²) in [6.45, 7) is 0. The minimum atomic E-state index is -0.343. The van der Waals surface area contributed by atoms with Gasteiger partial charge in [-0.05, 0) is 25.0 Å². The maximum Gasteiger partial charge on any atom is 0.125 e. The van der Waals surface area contributed by atoms with Crippen LogP contribution in [0.25, 0.3) is 0 Å². The molecule has 17 heavy (non-hydrogen) atoms. The van der Waals surface area contributed by atoms with E-state index in [1.54, 1.807) is 0 Å². The van der Waals surface area contributed by atoms with Gasteiger partial charge in [-0.25, -0.2) is 9.38 Å². The van der Waals surface area contributed by atoms with E-state index in [0.717, 1.165) is 12.8 Å². The highest BCUT2D eigenvalue weighted by Gasteiger charge is 2.17. The largest absolute Gasteiger partial charge is 0.387 e. The monoisotopic (exact) mass is 254 g/mol. The Labute approximate surface area is 106 Å². The molecule has 0 unspecified atom stereocenters. The third kappa shape index (κ3) is 3.19. The lowest BCUT2D eigenvalue weighted by atomic mass is 9.88. The molecular weight excluding hydrogens is 239 g/mol. The molecule has 1 fully saturated rings. The highest BCUT2D eigenvalue weighted by Crippen LogP contribution is 2.28. The van der Waals surface area contributed by atoms with Crippen LogP contribution in [-0.2, 0) is 0 Å². The Kier molecular flexibility index (Phi) is 4.00. The number of hydrogen-bond acceptors (Lipinski definition) is 1. The zero-order valence-corrected chi connectivity index (χ0v) is 10.4. The molecule has 2 rings (SSSR count). The molecule has 0 bridgehead atoms. The smallest absolute Gasteiger partial charge is 0.125 e. The van der Waals surface area contributed by atoms with Gasteiger partial charge in [-0.15, -0.1) is 0 Å². The summed E-state index contributed by atoms with van der Waals surface area (Å²) in [4.78, 5) is 4.27. The average Bonchev–Trinajstić information content (AvgIpc) is 2.35. The summed E-state index contributed by atoms with van der Waals surface area (Å²) in [6.07, 6.45) is 5.80. The van der Waals surface area contributed by atoms with Gasteiger partial charge in [0, 0.05) is 12.0 Å². The SMILES string of the molecule is NC(=Nc1cc(F)ccc1Cl)C1CCCCC1. The number of rotatable bonds is 2. The molecule has 0 radical (unpaired) electrons. The van der Waals surface area contributed by atoms with Crippen molar-refractivity contribution in [3.63, 3.8) is 0 Å². The minimum absolute atomic E-state index is 0.322. The van der Waals surface area contributed by atoms with Gasteiger partial charge in [-0.1, -0.05) is 30.9 Å². The van der Waals surface area contributed by atoms with Crippen molar-refractivity contribution in [3.05, 3.63) is 29.0 Å². The van der Waals surface area contributed by atoms with Gasteiger partial charge in [-0.3, -0.25) is 0 Å². The molecule has 1 aromatic rings. The van der Waals surface area contributed by atoms with Crippen molar-refractivity contribution in [2.75, 3.05) is 0 Å². The van der Waals surface area contributed by atoms with Crippen molar-refractivity contribution in [2.24, 2.45) is 16.6 Å². The fourth-order valence-corrected chi connectivity index (χ4v) is 2.36. The van der Waals surface area contributed by atoms with Crippen molar-refractivity contribution in [2.45, 2.75) is 32.1 Å². The Hall–Kier alpha value is -1.09. The third-order valence-electron chi connectivity index (χ3n) is 3.18. The van der Waals surface area contributed by atoms with E-state index < -0.39 is 0 Å². The molecule has 2 nitrogen and oxygen atoms in total. The standard InChI is InChI=1S/C13H16ClFN2/c14-11-7-6-10(15)8-12(11)17-13(16)9-4-2-1-3-5-9/h6-9H,1-5H2,(H2,16,17). The average molecular weight is 255 g/mol. The van der Waals surface area contributed by atoms with Crippen molar-refractivity contribution >= 4 is 23.1 Å². The quantitative estimate of drug-likeness (QED) is 0.628. The first kappa shape index (κ1) is 12.4. The van der Waals surface area contributed by atoms with E-state index in [4.69, 9.17) is 17.3 Å². The van der Waals surface area contributed by atoms with Crippen LogP contribution in [0.2, 0.25) is 5.02 Å². The van der Waals surface area contributed by atoms with Gasteiger partial charge >= 0.3 is 0 Å². The number of amidine groups is 1. The van der Waals surface area contributed by atoms with Crippen LogP contribution < -0.4 is 5.73 Å². The van der Waals surface area contributed by atoms with Crippen LogP contribution in [0.1, 0.15) is 32.1 Å². The summed E-state index contributed by atoms with van der Waals surface area (Å²) in [5, 5.41) is 0.435. The zero-order valence-electron chi connectivity index (χ0n) is 9.63. The van der Waals surface area contributed by atoms with Crippen molar-refractivity contribution < 1.29 is 4.39 Å². The molecule has 0 atom stereocenters. The molecule has 0 aromatic heterocycles. The Morgan fingerprint density at radius 1 is 1.29 bits per heavy atom. The number of nitrogens with zero attached hydrogens (tertiary/aromatic N) is 1. The zero-order chi connectivity index (χ0) is 12.3. The van der Waals surface area contributed by atoms with Gasteiger partial charge in [0.2, 0.25) is 0 Å². The number of nitrogens with two attached hydrogens (primary N) is 1. The fourth-order valence-electron chi connectivity index (χ4n) is 2.20. The molecule has 0 heterocycles. The van der Waals surface area contributed by atoms with Crippen LogP contribution in [0.4, 0.5) is 10.1 Å². The second kappa shape index (κ2) is 5.50. The Morgan fingerprint density at radius 3 is 2.71 bits per heavy atom. The van der Waals surface area contributed by atoms with E-state index in [9.17, 15) is 4.39 Å². The first-order chi connectivity index (χ1) is 8.16. The van der Waals surface area contributed by atoms with Crippen molar-refractivity contribution in [3.8, 4) is 0 Å². The van der Waals surface area contributed by atoms with Gasteiger partial charge in [0.05, 0.1) is 10.7 Å². The van der Waals surface area contributed by atoms with Crippen LogP contribution in [0.15, 0.2) is 23.2 Å². The van der Waals surface area contributed by atoms with Crippen LogP contribution in [0.5, 0.6) is 0 Å². The molecule has 0 aliphatic heterocycles. The molecule has 2 N–H and O–H groups in total. The van der Waals surface area contributed by atoms with E-state index in [1.165, 1.54) is 37.5 Å². The molecule has 0 spiro atoms. The number of halogens is 2. The van der Waals surface area contributed by atoms with E-state index in [0.29, 0.717) is 22.5 Å². The summed E-state index contributed by atoms with van der Waals surface area (Å²) in [6, 6.07) is 4.14. The van der Waals surface area contributed by atoms with E-state index in [1.807, 2.05) is 0 Å². The summed E-state index contributed by atoms with van der Waals surface area (Å²) >= 11 is 5.95. The predicted molar refractivity (Wildman–Crippen MR) is 69.3 cm³/mol. The number of hydrogen-bond donors (Lipinski definition) is 1. The van der Waals surface area contributed by atoms with Gasteiger partial charge in [0.15, 0.2) is 0 Å². The van der Waals surface area contributed by atoms with Gasteiger partial charge < -0.3 is 5.73 Å². The van der Waals surface area contributed by atoms with Crippen LogP contribution in [-0.4, -0.2) is 5.84 Å². The molecule has 1 aliphatic rings. The Bertz CT molecular complexity index is 425. The van der Waals surface area contributed by atoms with E-state index >= 15 is 0 Å². The Balaban J connectivity index is 2.19. The first-order valence-corrected chi connectivity index (χ1v) is 6.34. The molecule has 1 saturated carbocycles. The van der Waals surface area contributed by atoms with Gasteiger partial charge in [0.1, 0.15) is 11.7 Å². The highest BCUT2D eigenvalue weighted by molar-refractivity contribution is 6.33. The predicted octanol–water partition coefficient (Wildman–Crippen LogP) is 4.05. The van der Waals surface area contributed by atoms with Crippen molar-refractivity contribution in [1.82, 2.24) is 0 Å². The minimum Gasteiger partial charge on any atom is -0.387 e. The topological polar surface area (TPSA) is 38.4 Å². The summed E-state index contributed by atoms with van der Waals surface area (Å²) in [7, 11) is 0. The van der Waals surface area contributed by atoms with Gasteiger partial charge in [0.25, 0.3) is 0 Å². The van der Waals surface area contributed by atoms with E-state index in [2.05, 4.69) is 4.99 Å². The number of benzene rings is 1. The van der Waals surface area contributed by atoms with Crippen LogP contribution in [0.3, 0.4) is 0 Å². The highest BCUT2D eigenvalue weighted by atomic mass is 35.5. The molecule has 0 saturated heterocycles. The Morgan fingerprint density at radius 2 is 2.00 bits per heavy atom. The first-order valence-electron chi connectivity index (χ1n) is 5.96. The van der Waals surface area contributed by atoms with Crippen LogP contribution >= 0.6 is 11.6 Å². The third-order valence-corrected chi connectivity index (χ3v) is 3.50. The van der Waals surface area contributed by atoms with Gasteiger partial charge in [-0.2, -0.15) is 0 Å². The number of aliphatic imine (C=N–C) groups is 1. The summed E-state index contributed by atoms with van der Waals surface area (Å²) < 4.78 is 13.1. The molecule has 0 amide bonds. The summed E-state index contributed by atoms with van der Waals surface area (Å²) in [5.74, 6) is 0.560. The molecule has 1 aliphatic carbocycles. The molecule has 4 heteroatoms. The lowest BCUT2D eigenvalue weighted by molar-refractivity contribution is 0.437. The molecule has 92 valence electrons. The van der Waals surface area contributed by atoms with Crippen molar-refractivity contribution in [1.29, 1.82) is 0 Å². The second-order valence-electron chi connectivity index (χ2n) is 4.47. The molecular formula is C13H16ClFN2. The summed E-state index contributed by atoms with van der Waals surface area (Å²) in [5.41, 5.74) is 6.39. The maximum absolute atomic E-state index is 13.1. The normalized spacial score (nSPS) is 18.4. The lowest BCUT2D eigenvalue weighted by Gasteiger charge is -2.20. The maximum atomic E-state index is 13.1.